The molecule has 0 saturated carbocycles. The van der Waals surface area contributed by atoms with Crippen molar-refractivity contribution in [1.82, 2.24) is 5.32 Å². The van der Waals surface area contributed by atoms with Crippen LogP contribution in [-0.2, 0) is 16.1 Å². The minimum Gasteiger partial charge on any atom is -0.459 e. The summed E-state index contributed by atoms with van der Waals surface area (Å²) < 4.78 is 5.12. The number of rotatable bonds is 5. The van der Waals surface area contributed by atoms with E-state index in [-0.39, 0.29) is 24.7 Å². The molecule has 6 heteroatoms. The molecular weight excluding hydrogens is 248 g/mol. The molecular formula is C13H18N2O4. The normalized spacial score (nSPS) is 11.1. The summed E-state index contributed by atoms with van der Waals surface area (Å²) in [6, 6.07) is 6.41. The largest absolute Gasteiger partial charge is 0.459 e. The van der Waals surface area contributed by atoms with Crippen molar-refractivity contribution in [3.63, 3.8) is 0 Å². The maximum atomic E-state index is 11.4. The third-order valence-corrected chi connectivity index (χ3v) is 2.19. The van der Waals surface area contributed by atoms with Crippen LogP contribution >= 0.6 is 0 Å². The van der Waals surface area contributed by atoms with Gasteiger partial charge in [-0.1, -0.05) is 18.2 Å². The van der Waals surface area contributed by atoms with E-state index in [4.69, 9.17) is 4.74 Å². The maximum absolute atomic E-state index is 11.4. The van der Waals surface area contributed by atoms with E-state index in [9.17, 15) is 14.9 Å². The Labute approximate surface area is 111 Å². The molecule has 0 radical (unpaired) electrons. The summed E-state index contributed by atoms with van der Waals surface area (Å²) in [5.41, 5.74) is 0.0487. The lowest BCUT2D eigenvalue weighted by molar-refractivity contribution is -0.385. The molecule has 0 saturated heterocycles. The minimum atomic E-state index is -0.530. The van der Waals surface area contributed by atoms with Crippen LogP contribution in [-0.4, -0.2) is 23.0 Å². The molecule has 0 spiro atoms. The number of hydrogen-bond acceptors (Lipinski definition) is 5. The SMILES string of the molecule is CC(C)(C)OC(=O)CNCc1ccccc1[N+](=O)[O-]. The highest BCUT2D eigenvalue weighted by molar-refractivity contribution is 5.72. The van der Waals surface area contributed by atoms with E-state index < -0.39 is 10.5 Å². The van der Waals surface area contributed by atoms with E-state index in [2.05, 4.69) is 5.32 Å². The molecule has 1 aromatic carbocycles. The number of nitro benzene ring substituents is 1. The van der Waals surface area contributed by atoms with E-state index in [1.54, 1.807) is 39.0 Å². The Bertz CT molecular complexity index is 466. The van der Waals surface area contributed by atoms with E-state index in [1.165, 1.54) is 6.07 Å². The average Bonchev–Trinajstić information content (AvgIpc) is 2.27. The van der Waals surface area contributed by atoms with Gasteiger partial charge < -0.3 is 10.1 Å². The quantitative estimate of drug-likeness (QED) is 0.501. The molecule has 0 aliphatic carbocycles. The van der Waals surface area contributed by atoms with Crippen LogP contribution in [0, 0.1) is 10.1 Å². The predicted octanol–water partition coefficient (Wildman–Crippen LogP) is 2.03. The van der Waals surface area contributed by atoms with Crippen molar-refractivity contribution in [3.05, 3.63) is 39.9 Å². The molecule has 0 aromatic heterocycles. The van der Waals surface area contributed by atoms with Gasteiger partial charge in [0.1, 0.15) is 5.60 Å². The van der Waals surface area contributed by atoms with Gasteiger partial charge in [-0.05, 0) is 20.8 Å². The number of hydrogen-bond donors (Lipinski definition) is 1. The second kappa shape index (κ2) is 6.29. The zero-order valence-corrected chi connectivity index (χ0v) is 11.3. The van der Waals surface area contributed by atoms with Crippen LogP contribution in [0.3, 0.4) is 0 Å². The van der Waals surface area contributed by atoms with Gasteiger partial charge in [-0.2, -0.15) is 0 Å². The summed E-state index contributed by atoms with van der Waals surface area (Å²) in [6.45, 7) is 5.62. The van der Waals surface area contributed by atoms with Gasteiger partial charge in [0, 0.05) is 18.2 Å². The van der Waals surface area contributed by atoms with E-state index in [0.717, 1.165) is 0 Å². The zero-order chi connectivity index (χ0) is 14.5. The Hall–Kier alpha value is -1.95. The minimum absolute atomic E-state index is 0.0172. The molecule has 1 rings (SSSR count). The monoisotopic (exact) mass is 266 g/mol. The molecule has 0 bridgehead atoms. The Morgan fingerprint density at radius 2 is 2.00 bits per heavy atom. The van der Waals surface area contributed by atoms with Gasteiger partial charge in [0.15, 0.2) is 0 Å². The van der Waals surface area contributed by atoms with Gasteiger partial charge in [0.05, 0.1) is 11.5 Å². The number of benzene rings is 1. The van der Waals surface area contributed by atoms with E-state index in [1.807, 2.05) is 0 Å². The summed E-state index contributed by atoms with van der Waals surface area (Å²) in [5, 5.41) is 13.6. The van der Waals surface area contributed by atoms with Crippen LogP contribution in [0.15, 0.2) is 24.3 Å². The van der Waals surface area contributed by atoms with Crippen molar-refractivity contribution in [2.24, 2.45) is 0 Å². The van der Waals surface area contributed by atoms with Crippen LogP contribution in [0.25, 0.3) is 0 Å². The standard InChI is InChI=1S/C13H18N2O4/c1-13(2,3)19-12(16)9-14-8-10-6-4-5-7-11(10)15(17)18/h4-7,14H,8-9H2,1-3H3. The van der Waals surface area contributed by atoms with E-state index in [0.29, 0.717) is 5.56 Å². The van der Waals surface area contributed by atoms with Gasteiger partial charge in [0.2, 0.25) is 0 Å². The molecule has 0 aliphatic rings. The number of carbonyl (C=O) groups is 1. The van der Waals surface area contributed by atoms with Gasteiger partial charge in [-0.3, -0.25) is 14.9 Å². The number of para-hydroxylation sites is 1. The highest BCUT2D eigenvalue weighted by Gasteiger charge is 2.16. The fourth-order valence-electron chi connectivity index (χ4n) is 1.52. The fourth-order valence-corrected chi connectivity index (χ4v) is 1.52. The zero-order valence-electron chi connectivity index (χ0n) is 11.3. The van der Waals surface area contributed by atoms with Gasteiger partial charge in [0.25, 0.3) is 5.69 Å². The Morgan fingerprint density at radius 3 is 2.58 bits per heavy atom. The number of nitrogens with one attached hydrogen (secondary N) is 1. The second-order valence-corrected chi connectivity index (χ2v) is 5.08. The molecule has 0 unspecified atom stereocenters. The molecule has 0 atom stereocenters. The lowest BCUT2D eigenvalue weighted by Crippen LogP contribution is -2.31. The Balaban J connectivity index is 2.50. The smallest absolute Gasteiger partial charge is 0.320 e. The predicted molar refractivity (Wildman–Crippen MR) is 70.6 cm³/mol. The molecule has 0 aliphatic heterocycles. The first-order chi connectivity index (χ1) is 8.79. The first kappa shape index (κ1) is 15.1. The van der Waals surface area contributed by atoms with Crippen LogP contribution in [0.2, 0.25) is 0 Å². The summed E-state index contributed by atoms with van der Waals surface area (Å²) in [4.78, 5) is 21.8. The molecule has 0 amide bonds. The van der Waals surface area contributed by atoms with Crippen molar-refractivity contribution in [2.75, 3.05) is 6.54 Å². The molecule has 0 fully saturated rings. The van der Waals surface area contributed by atoms with Crippen molar-refractivity contribution in [3.8, 4) is 0 Å². The average molecular weight is 266 g/mol. The summed E-state index contributed by atoms with van der Waals surface area (Å²) in [5.74, 6) is -0.383. The van der Waals surface area contributed by atoms with Gasteiger partial charge >= 0.3 is 5.97 Å². The third-order valence-electron chi connectivity index (χ3n) is 2.19. The Kier molecular flexibility index (Phi) is 5.00. The van der Waals surface area contributed by atoms with Crippen molar-refractivity contribution < 1.29 is 14.5 Å². The summed E-state index contributed by atoms with van der Waals surface area (Å²) in [6.07, 6.45) is 0. The molecule has 1 aromatic rings. The van der Waals surface area contributed by atoms with Crippen molar-refractivity contribution >= 4 is 11.7 Å². The molecule has 6 nitrogen and oxygen atoms in total. The topological polar surface area (TPSA) is 81.5 Å². The first-order valence-corrected chi connectivity index (χ1v) is 5.94. The number of nitrogens with zero attached hydrogens (tertiary/aromatic N) is 1. The van der Waals surface area contributed by atoms with Crippen LogP contribution in [0.1, 0.15) is 26.3 Å². The number of ether oxygens (including phenoxy) is 1. The van der Waals surface area contributed by atoms with Crippen LogP contribution < -0.4 is 5.32 Å². The Morgan fingerprint density at radius 1 is 1.37 bits per heavy atom. The van der Waals surface area contributed by atoms with E-state index >= 15 is 0 Å². The lowest BCUT2D eigenvalue weighted by Gasteiger charge is -2.19. The number of esters is 1. The van der Waals surface area contributed by atoms with Crippen LogP contribution in [0.4, 0.5) is 5.69 Å². The molecule has 104 valence electrons. The summed E-state index contributed by atoms with van der Waals surface area (Å²) >= 11 is 0. The molecule has 0 heterocycles. The number of carbonyl (C=O) groups excluding carboxylic acids is 1. The first-order valence-electron chi connectivity index (χ1n) is 5.94. The second-order valence-electron chi connectivity index (χ2n) is 5.08. The third kappa shape index (κ3) is 5.48. The molecule has 1 N–H and O–H groups in total. The molecule has 19 heavy (non-hydrogen) atoms. The van der Waals surface area contributed by atoms with Crippen molar-refractivity contribution in [2.45, 2.75) is 32.9 Å². The fraction of sp³-hybridized carbons (Fsp3) is 0.462. The number of nitro groups is 1. The highest BCUT2D eigenvalue weighted by atomic mass is 16.6. The highest BCUT2D eigenvalue weighted by Crippen LogP contribution is 2.17. The van der Waals surface area contributed by atoms with Gasteiger partial charge in [-0.15, -0.1) is 0 Å². The lowest BCUT2D eigenvalue weighted by atomic mass is 10.2. The summed E-state index contributed by atoms with van der Waals surface area (Å²) in [7, 11) is 0. The maximum Gasteiger partial charge on any atom is 0.320 e. The van der Waals surface area contributed by atoms with Crippen LogP contribution in [0.5, 0.6) is 0 Å². The van der Waals surface area contributed by atoms with Crippen molar-refractivity contribution in [1.29, 1.82) is 0 Å². The van der Waals surface area contributed by atoms with Gasteiger partial charge in [-0.25, -0.2) is 0 Å².